The van der Waals surface area contributed by atoms with Crippen LogP contribution in [0.4, 0.5) is 15.3 Å². The number of carbonyl (C=O) groups is 4. The summed E-state index contributed by atoms with van der Waals surface area (Å²) in [4.78, 5) is 46.9. The fraction of sp³-hybridized carbons (Fsp3) is 0.412. The number of primary amides is 1. The van der Waals surface area contributed by atoms with Crippen molar-refractivity contribution in [3.8, 4) is 0 Å². The second kappa shape index (κ2) is 10.7. The summed E-state index contributed by atoms with van der Waals surface area (Å²) in [5.41, 5.74) is 5.66. The van der Waals surface area contributed by atoms with Gasteiger partial charge in [0.05, 0.1) is 0 Å². The number of carboxylic acid groups (broad SMARTS) is 1. The van der Waals surface area contributed by atoms with Gasteiger partial charge in [-0.25, -0.2) is 9.59 Å². The third kappa shape index (κ3) is 7.50. The Morgan fingerprint density at radius 1 is 1.14 bits per heavy atom. The first-order valence-corrected chi connectivity index (χ1v) is 8.44. The molecule has 11 heteroatoms. The molecule has 2 atom stereocenters. The van der Waals surface area contributed by atoms with Crippen molar-refractivity contribution in [1.82, 2.24) is 15.5 Å². The van der Waals surface area contributed by atoms with Gasteiger partial charge in [0.15, 0.2) is 6.10 Å². The maximum atomic E-state index is 12.3. The molecule has 0 aliphatic rings. The molecule has 1 rings (SSSR count). The predicted octanol–water partition coefficient (Wildman–Crippen LogP) is -0.169. The van der Waals surface area contributed by atoms with Gasteiger partial charge in [0.1, 0.15) is 6.04 Å². The van der Waals surface area contributed by atoms with Crippen LogP contribution in [0.3, 0.4) is 0 Å². The first-order chi connectivity index (χ1) is 13.1. The van der Waals surface area contributed by atoms with E-state index in [4.69, 9.17) is 10.8 Å². The quantitative estimate of drug-likeness (QED) is 0.317. The number of benzene rings is 1. The lowest BCUT2D eigenvalue weighted by Crippen LogP contribution is -2.43. The fourth-order valence-electron chi connectivity index (χ4n) is 2.30. The SMILES string of the molecule is CN(C)C(=O)C(O)c1ccc(NC(=O)[C@H](CCCNC(N)=O)NC(=O)O)cc1. The molecular formula is C17H25N5O6. The second-order valence-corrected chi connectivity index (χ2v) is 6.18. The summed E-state index contributed by atoms with van der Waals surface area (Å²) in [6, 6.07) is 4.21. The van der Waals surface area contributed by atoms with Crippen LogP contribution >= 0.6 is 0 Å². The topological polar surface area (TPSA) is 174 Å². The highest BCUT2D eigenvalue weighted by molar-refractivity contribution is 5.96. The molecule has 28 heavy (non-hydrogen) atoms. The van der Waals surface area contributed by atoms with Crippen molar-refractivity contribution in [3.05, 3.63) is 29.8 Å². The molecule has 0 saturated carbocycles. The van der Waals surface area contributed by atoms with Crippen LogP contribution in [-0.2, 0) is 9.59 Å². The molecular weight excluding hydrogens is 370 g/mol. The molecule has 5 amide bonds. The second-order valence-electron chi connectivity index (χ2n) is 6.18. The van der Waals surface area contributed by atoms with Crippen LogP contribution in [0.2, 0.25) is 0 Å². The third-order valence-electron chi connectivity index (χ3n) is 3.75. The van der Waals surface area contributed by atoms with Crippen LogP contribution in [0.25, 0.3) is 0 Å². The Balaban J connectivity index is 2.71. The number of nitrogens with two attached hydrogens (primary N) is 1. The lowest BCUT2D eigenvalue weighted by Gasteiger charge is -2.18. The summed E-state index contributed by atoms with van der Waals surface area (Å²) in [5, 5.41) is 25.9. The van der Waals surface area contributed by atoms with E-state index in [0.29, 0.717) is 17.7 Å². The lowest BCUT2D eigenvalue weighted by molar-refractivity contribution is -0.137. The van der Waals surface area contributed by atoms with Gasteiger partial charge in [0.2, 0.25) is 5.91 Å². The number of carbonyl (C=O) groups excluding carboxylic acids is 3. The smallest absolute Gasteiger partial charge is 0.405 e. The zero-order valence-electron chi connectivity index (χ0n) is 15.6. The van der Waals surface area contributed by atoms with Crippen molar-refractivity contribution in [3.63, 3.8) is 0 Å². The first kappa shape index (κ1) is 22.7. The Morgan fingerprint density at radius 3 is 2.25 bits per heavy atom. The van der Waals surface area contributed by atoms with Crippen LogP contribution < -0.4 is 21.7 Å². The van der Waals surface area contributed by atoms with Crippen molar-refractivity contribution in [1.29, 1.82) is 0 Å². The van der Waals surface area contributed by atoms with Gasteiger partial charge in [-0.15, -0.1) is 0 Å². The molecule has 11 nitrogen and oxygen atoms in total. The highest BCUT2D eigenvalue weighted by atomic mass is 16.4. The zero-order valence-corrected chi connectivity index (χ0v) is 15.6. The van der Waals surface area contributed by atoms with E-state index in [-0.39, 0.29) is 13.0 Å². The van der Waals surface area contributed by atoms with E-state index in [1.54, 1.807) is 0 Å². The van der Waals surface area contributed by atoms with Crippen molar-refractivity contribution in [2.75, 3.05) is 26.0 Å². The number of aliphatic hydroxyl groups excluding tert-OH is 1. The Labute approximate surface area is 161 Å². The van der Waals surface area contributed by atoms with Gasteiger partial charge in [-0.2, -0.15) is 0 Å². The number of hydrogen-bond acceptors (Lipinski definition) is 5. The molecule has 154 valence electrons. The standard InChI is InChI=1S/C17H25N5O6/c1-22(2)15(25)13(23)10-5-7-11(8-6-10)20-14(24)12(21-17(27)28)4-3-9-19-16(18)26/h5-8,12-13,21,23H,3-4,9H2,1-2H3,(H,20,24)(H,27,28)(H3,18,19,26)/t12-,13?/m0/s1. The van der Waals surface area contributed by atoms with Gasteiger partial charge >= 0.3 is 12.1 Å². The molecule has 0 radical (unpaired) electrons. The van der Waals surface area contributed by atoms with E-state index >= 15 is 0 Å². The highest BCUT2D eigenvalue weighted by Gasteiger charge is 2.21. The molecule has 0 aliphatic carbocycles. The van der Waals surface area contributed by atoms with Crippen LogP contribution in [-0.4, -0.2) is 65.7 Å². The van der Waals surface area contributed by atoms with Gasteiger partial charge < -0.3 is 36.8 Å². The molecule has 1 aromatic carbocycles. The zero-order chi connectivity index (χ0) is 21.3. The highest BCUT2D eigenvalue weighted by Crippen LogP contribution is 2.18. The summed E-state index contributed by atoms with van der Waals surface area (Å²) in [5.74, 6) is -1.06. The summed E-state index contributed by atoms with van der Waals surface area (Å²) in [6.07, 6.45) is -2.20. The molecule has 0 heterocycles. The molecule has 7 N–H and O–H groups in total. The molecule has 1 aromatic rings. The van der Waals surface area contributed by atoms with E-state index in [1.807, 2.05) is 0 Å². The fourth-order valence-corrected chi connectivity index (χ4v) is 2.30. The van der Waals surface area contributed by atoms with Crippen LogP contribution in [0, 0.1) is 0 Å². The maximum Gasteiger partial charge on any atom is 0.405 e. The van der Waals surface area contributed by atoms with Gasteiger partial charge in [-0.1, -0.05) is 12.1 Å². The van der Waals surface area contributed by atoms with E-state index in [0.717, 1.165) is 0 Å². The van der Waals surface area contributed by atoms with Gasteiger partial charge in [-0.05, 0) is 30.5 Å². The minimum atomic E-state index is -1.36. The molecule has 1 unspecified atom stereocenters. The van der Waals surface area contributed by atoms with Crippen molar-refractivity contribution >= 4 is 29.6 Å². The number of likely N-dealkylation sites (N-methyl/N-ethyl adjacent to an activating group) is 1. The maximum absolute atomic E-state index is 12.3. The number of rotatable bonds is 9. The van der Waals surface area contributed by atoms with E-state index < -0.39 is 36.1 Å². The minimum Gasteiger partial charge on any atom is -0.465 e. The van der Waals surface area contributed by atoms with E-state index in [2.05, 4.69) is 16.0 Å². The van der Waals surface area contributed by atoms with Crippen LogP contribution in [0.1, 0.15) is 24.5 Å². The molecule has 0 aromatic heterocycles. The Hall–Kier alpha value is -3.34. The lowest BCUT2D eigenvalue weighted by atomic mass is 10.1. The number of nitrogens with zero attached hydrogens (tertiary/aromatic N) is 1. The third-order valence-corrected chi connectivity index (χ3v) is 3.75. The summed E-state index contributed by atoms with van der Waals surface area (Å²) >= 11 is 0. The van der Waals surface area contributed by atoms with E-state index in [1.165, 1.54) is 43.3 Å². The minimum absolute atomic E-state index is 0.145. The molecule has 0 bridgehead atoms. The monoisotopic (exact) mass is 395 g/mol. The molecule has 0 fully saturated rings. The first-order valence-electron chi connectivity index (χ1n) is 8.44. The van der Waals surface area contributed by atoms with Gasteiger partial charge in [-0.3, -0.25) is 9.59 Å². The van der Waals surface area contributed by atoms with Crippen LogP contribution in [0.5, 0.6) is 0 Å². The number of urea groups is 1. The predicted molar refractivity (Wildman–Crippen MR) is 100 cm³/mol. The van der Waals surface area contributed by atoms with Crippen molar-refractivity contribution in [2.24, 2.45) is 5.73 Å². The molecule has 0 saturated heterocycles. The Bertz CT molecular complexity index is 706. The van der Waals surface area contributed by atoms with E-state index in [9.17, 15) is 24.3 Å². The van der Waals surface area contributed by atoms with Crippen LogP contribution in [0.15, 0.2) is 24.3 Å². The number of nitrogens with one attached hydrogen (secondary N) is 3. The summed E-state index contributed by atoms with van der Waals surface area (Å²) < 4.78 is 0. The largest absolute Gasteiger partial charge is 0.465 e. The molecule has 0 spiro atoms. The van der Waals surface area contributed by atoms with Gasteiger partial charge in [0, 0.05) is 26.3 Å². The number of hydrogen-bond donors (Lipinski definition) is 6. The number of amides is 5. The Morgan fingerprint density at radius 2 is 1.75 bits per heavy atom. The average molecular weight is 395 g/mol. The number of anilines is 1. The summed E-state index contributed by atoms with van der Waals surface area (Å²) in [6.45, 7) is 0.201. The average Bonchev–Trinajstić information content (AvgIpc) is 2.62. The summed E-state index contributed by atoms with van der Waals surface area (Å²) in [7, 11) is 3.05. The normalized spacial score (nSPS) is 12.4. The Kier molecular flexibility index (Phi) is 8.69. The van der Waals surface area contributed by atoms with Gasteiger partial charge in [0.25, 0.3) is 5.91 Å². The van der Waals surface area contributed by atoms with Crippen molar-refractivity contribution < 1.29 is 29.4 Å². The molecule has 0 aliphatic heterocycles. The number of aliphatic hydroxyl groups is 1. The van der Waals surface area contributed by atoms with Crippen molar-refractivity contribution in [2.45, 2.75) is 25.0 Å².